The first-order valence-electron chi connectivity index (χ1n) is 4.32. The molecule has 0 fully saturated rings. The van der Waals surface area contributed by atoms with Crippen molar-refractivity contribution in [1.82, 2.24) is 25.9 Å². The number of carbonyl (C=O) groups excluding carboxylic acids is 1. The molecule has 2 N–H and O–H groups in total. The van der Waals surface area contributed by atoms with E-state index in [-0.39, 0.29) is 12.5 Å². The number of aromatic amines is 1. The maximum absolute atomic E-state index is 11.6. The highest BCUT2D eigenvalue weighted by Gasteiger charge is 2.11. The number of carbonyl (C=O) groups is 1. The Morgan fingerprint density at radius 3 is 3.13 bits per heavy atom. The lowest BCUT2D eigenvalue weighted by molar-refractivity contribution is 0.0948. The largest absolute Gasteiger partial charge is 0.469 e. The summed E-state index contributed by atoms with van der Waals surface area (Å²) in [7, 11) is 0. The summed E-state index contributed by atoms with van der Waals surface area (Å²) in [5.74, 6) is 0.802. The van der Waals surface area contributed by atoms with Crippen LogP contribution in [0.1, 0.15) is 21.9 Å². The molecule has 7 nitrogen and oxygen atoms in total. The van der Waals surface area contributed by atoms with E-state index in [9.17, 15) is 4.79 Å². The number of aromatic nitrogens is 4. The molecule has 0 unspecified atom stereocenters. The second-order valence-corrected chi connectivity index (χ2v) is 2.90. The van der Waals surface area contributed by atoms with Crippen molar-refractivity contribution < 1.29 is 9.21 Å². The van der Waals surface area contributed by atoms with Crippen LogP contribution in [0, 0.1) is 6.92 Å². The fourth-order valence-corrected chi connectivity index (χ4v) is 1.13. The van der Waals surface area contributed by atoms with E-state index in [1.54, 1.807) is 13.0 Å². The number of hydrogen-bond donors (Lipinski definition) is 2. The molecule has 0 aliphatic rings. The van der Waals surface area contributed by atoms with Crippen molar-refractivity contribution in [2.75, 3.05) is 0 Å². The molecule has 0 saturated heterocycles. The van der Waals surface area contributed by atoms with Crippen LogP contribution >= 0.6 is 0 Å². The first-order chi connectivity index (χ1) is 7.27. The predicted octanol–water partition coefficient (Wildman–Crippen LogP) is 0.0311. The normalized spacial score (nSPS) is 10.2. The molecule has 0 spiro atoms. The van der Waals surface area contributed by atoms with Crippen LogP contribution in [0.4, 0.5) is 0 Å². The standard InChI is InChI=1S/C8H9N5O2/c1-5-6(2-3-15-5)8(14)9-4-7-10-12-13-11-7/h2-3H,4H2,1H3,(H,9,14)(H,10,11,12,13). The quantitative estimate of drug-likeness (QED) is 0.740. The van der Waals surface area contributed by atoms with Gasteiger partial charge in [-0.3, -0.25) is 4.79 Å². The van der Waals surface area contributed by atoms with Gasteiger partial charge in [0, 0.05) is 0 Å². The average molecular weight is 207 g/mol. The summed E-state index contributed by atoms with van der Waals surface area (Å²) in [6.45, 7) is 1.96. The van der Waals surface area contributed by atoms with Crippen LogP contribution in [0.5, 0.6) is 0 Å². The molecular weight excluding hydrogens is 198 g/mol. The van der Waals surface area contributed by atoms with Gasteiger partial charge in [-0.25, -0.2) is 0 Å². The number of aryl methyl sites for hydroxylation is 1. The topological polar surface area (TPSA) is 96.7 Å². The van der Waals surface area contributed by atoms with Crippen molar-refractivity contribution in [3.8, 4) is 0 Å². The van der Waals surface area contributed by atoms with E-state index < -0.39 is 0 Å². The van der Waals surface area contributed by atoms with Gasteiger partial charge in [0.25, 0.3) is 5.91 Å². The lowest BCUT2D eigenvalue weighted by Gasteiger charge is -1.99. The van der Waals surface area contributed by atoms with Crippen LogP contribution in [-0.4, -0.2) is 26.5 Å². The minimum atomic E-state index is -0.217. The summed E-state index contributed by atoms with van der Waals surface area (Å²) in [6, 6.07) is 1.61. The van der Waals surface area contributed by atoms with Crippen LogP contribution in [0.3, 0.4) is 0 Å². The minimum absolute atomic E-state index is 0.217. The lowest BCUT2D eigenvalue weighted by atomic mass is 10.2. The van der Waals surface area contributed by atoms with Crippen molar-refractivity contribution in [2.45, 2.75) is 13.5 Å². The summed E-state index contributed by atoms with van der Waals surface area (Å²) in [6.07, 6.45) is 1.47. The highest BCUT2D eigenvalue weighted by atomic mass is 16.3. The highest BCUT2D eigenvalue weighted by Crippen LogP contribution is 2.08. The number of tetrazole rings is 1. The Balaban J connectivity index is 1.96. The fraction of sp³-hybridized carbons (Fsp3) is 0.250. The summed E-state index contributed by atoms with van der Waals surface area (Å²) in [5.41, 5.74) is 0.512. The predicted molar refractivity (Wildman–Crippen MR) is 48.8 cm³/mol. The van der Waals surface area contributed by atoms with Crippen LogP contribution < -0.4 is 5.32 Å². The third kappa shape index (κ3) is 2.01. The van der Waals surface area contributed by atoms with Crippen molar-refractivity contribution in [3.63, 3.8) is 0 Å². The molecular formula is C8H9N5O2. The van der Waals surface area contributed by atoms with Crippen LogP contribution in [0.2, 0.25) is 0 Å². The minimum Gasteiger partial charge on any atom is -0.469 e. The molecule has 0 radical (unpaired) electrons. The monoisotopic (exact) mass is 207 g/mol. The molecule has 0 bridgehead atoms. The van der Waals surface area contributed by atoms with Crippen molar-refractivity contribution in [3.05, 3.63) is 29.5 Å². The van der Waals surface area contributed by atoms with E-state index in [4.69, 9.17) is 4.42 Å². The molecule has 2 aromatic heterocycles. The van der Waals surface area contributed by atoms with E-state index in [0.29, 0.717) is 17.1 Å². The number of nitrogens with zero attached hydrogens (tertiary/aromatic N) is 3. The van der Waals surface area contributed by atoms with E-state index >= 15 is 0 Å². The van der Waals surface area contributed by atoms with E-state index in [1.165, 1.54) is 6.26 Å². The molecule has 0 aliphatic heterocycles. The Labute approximate surface area is 84.9 Å². The Morgan fingerprint density at radius 1 is 1.67 bits per heavy atom. The molecule has 0 atom stereocenters. The van der Waals surface area contributed by atoms with Crippen molar-refractivity contribution in [2.24, 2.45) is 0 Å². The van der Waals surface area contributed by atoms with Gasteiger partial charge in [0.05, 0.1) is 18.4 Å². The van der Waals surface area contributed by atoms with Gasteiger partial charge >= 0.3 is 0 Å². The van der Waals surface area contributed by atoms with Gasteiger partial charge in [-0.15, -0.1) is 10.2 Å². The number of hydrogen-bond acceptors (Lipinski definition) is 5. The van der Waals surface area contributed by atoms with Crippen molar-refractivity contribution >= 4 is 5.91 Å². The molecule has 7 heteroatoms. The third-order valence-corrected chi connectivity index (χ3v) is 1.90. The molecule has 0 aliphatic carbocycles. The fourth-order valence-electron chi connectivity index (χ4n) is 1.13. The van der Waals surface area contributed by atoms with E-state index in [1.807, 2.05) is 0 Å². The molecule has 0 saturated carbocycles. The Morgan fingerprint density at radius 2 is 2.53 bits per heavy atom. The van der Waals surface area contributed by atoms with E-state index in [2.05, 4.69) is 25.9 Å². The Hall–Kier alpha value is -2.18. The molecule has 78 valence electrons. The van der Waals surface area contributed by atoms with Gasteiger partial charge in [-0.1, -0.05) is 5.21 Å². The SMILES string of the molecule is Cc1occc1C(=O)NCc1nn[nH]n1. The van der Waals surface area contributed by atoms with Gasteiger partial charge in [0.1, 0.15) is 5.76 Å². The highest BCUT2D eigenvalue weighted by molar-refractivity contribution is 5.94. The molecule has 0 aromatic carbocycles. The van der Waals surface area contributed by atoms with Gasteiger partial charge in [-0.2, -0.15) is 5.21 Å². The number of H-pyrrole nitrogens is 1. The second-order valence-electron chi connectivity index (χ2n) is 2.90. The maximum atomic E-state index is 11.6. The van der Waals surface area contributed by atoms with Gasteiger partial charge in [0.15, 0.2) is 5.82 Å². The molecule has 2 aromatic rings. The summed E-state index contributed by atoms with van der Waals surface area (Å²) in [4.78, 5) is 11.6. The lowest BCUT2D eigenvalue weighted by Crippen LogP contribution is -2.23. The molecule has 1 amide bonds. The molecule has 2 rings (SSSR count). The van der Waals surface area contributed by atoms with E-state index in [0.717, 1.165) is 0 Å². The van der Waals surface area contributed by atoms with Crippen LogP contribution in [0.25, 0.3) is 0 Å². The van der Waals surface area contributed by atoms with Crippen LogP contribution in [-0.2, 0) is 6.54 Å². The van der Waals surface area contributed by atoms with Gasteiger partial charge < -0.3 is 9.73 Å². The average Bonchev–Trinajstić information content (AvgIpc) is 2.84. The van der Waals surface area contributed by atoms with Crippen LogP contribution in [0.15, 0.2) is 16.7 Å². The smallest absolute Gasteiger partial charge is 0.255 e. The summed E-state index contributed by atoms with van der Waals surface area (Å²) >= 11 is 0. The number of amides is 1. The van der Waals surface area contributed by atoms with Gasteiger partial charge in [-0.05, 0) is 13.0 Å². The molecule has 2 heterocycles. The summed E-state index contributed by atoms with van der Waals surface area (Å²) in [5, 5.41) is 15.7. The zero-order valence-corrected chi connectivity index (χ0v) is 8.02. The number of nitrogens with one attached hydrogen (secondary N) is 2. The first-order valence-corrected chi connectivity index (χ1v) is 4.32. The second kappa shape index (κ2) is 3.91. The first kappa shape index (κ1) is 9.38. The Bertz CT molecular complexity index is 447. The number of rotatable bonds is 3. The third-order valence-electron chi connectivity index (χ3n) is 1.90. The van der Waals surface area contributed by atoms with Gasteiger partial charge in [0.2, 0.25) is 0 Å². The zero-order chi connectivity index (χ0) is 10.7. The van der Waals surface area contributed by atoms with Crippen molar-refractivity contribution in [1.29, 1.82) is 0 Å². The zero-order valence-electron chi connectivity index (χ0n) is 8.02. The maximum Gasteiger partial charge on any atom is 0.255 e. The summed E-state index contributed by atoms with van der Waals surface area (Å²) < 4.78 is 5.01. The molecule has 15 heavy (non-hydrogen) atoms. The number of furan rings is 1. The Kier molecular flexibility index (Phi) is 2.44.